The van der Waals surface area contributed by atoms with Gasteiger partial charge in [-0.1, -0.05) is 38.1 Å². The van der Waals surface area contributed by atoms with E-state index in [1.807, 2.05) is 44.2 Å². The van der Waals surface area contributed by atoms with Crippen LogP contribution in [0.3, 0.4) is 0 Å². The molecule has 5 N–H and O–H groups in total. The van der Waals surface area contributed by atoms with Crippen LogP contribution in [0.25, 0.3) is 21.8 Å². The molecule has 1 unspecified atom stereocenters. The molecule has 0 radical (unpaired) electrons. The van der Waals surface area contributed by atoms with Gasteiger partial charge < -0.3 is 25.8 Å². The molecule has 0 aliphatic carbocycles. The van der Waals surface area contributed by atoms with Crippen molar-refractivity contribution in [2.24, 2.45) is 17.6 Å². The van der Waals surface area contributed by atoms with Gasteiger partial charge in [-0.3, -0.25) is 19.2 Å². The van der Waals surface area contributed by atoms with Crippen LogP contribution >= 0.6 is 0 Å². The van der Waals surface area contributed by atoms with Crippen LogP contribution in [0.2, 0.25) is 0 Å². The summed E-state index contributed by atoms with van der Waals surface area (Å²) in [6.45, 7) is 3.93. The molecule has 9 heteroatoms. The minimum atomic E-state index is -1.05. The van der Waals surface area contributed by atoms with Crippen LogP contribution in [0, 0.1) is 11.8 Å². The molecule has 0 fully saturated rings. The summed E-state index contributed by atoms with van der Waals surface area (Å²) >= 11 is 0. The number of carbonyl (C=O) groups is 3. The average Bonchev–Trinajstić information content (AvgIpc) is 3.32. The summed E-state index contributed by atoms with van der Waals surface area (Å²) in [7, 11) is 1.57. The predicted molar refractivity (Wildman–Crippen MR) is 146 cm³/mol. The van der Waals surface area contributed by atoms with E-state index in [2.05, 4.69) is 15.3 Å². The second-order valence-electron chi connectivity index (χ2n) is 9.93. The number of aromatic amines is 2. The monoisotopic (exact) mass is 516 g/mol. The van der Waals surface area contributed by atoms with Crippen molar-refractivity contribution in [1.29, 1.82) is 0 Å². The first kappa shape index (κ1) is 26.7. The first-order chi connectivity index (χ1) is 18.2. The highest BCUT2D eigenvalue weighted by molar-refractivity contribution is 6.02. The number of para-hydroxylation sites is 1. The summed E-state index contributed by atoms with van der Waals surface area (Å²) in [6.07, 6.45) is 0.453. The SMILES string of the molecule is COc1cccc2[nH]c(C(=O)C[C@@H](CC(C)C)C(=O)NC(Cc3cc(=O)[nH]c4ccccc34)C(N)=O)cc12. The van der Waals surface area contributed by atoms with Gasteiger partial charge in [0.25, 0.3) is 0 Å². The summed E-state index contributed by atoms with van der Waals surface area (Å²) in [6, 6.07) is 14.8. The number of rotatable bonds is 11. The molecule has 2 aromatic carbocycles. The second kappa shape index (κ2) is 11.3. The van der Waals surface area contributed by atoms with E-state index in [0.717, 1.165) is 16.3 Å². The lowest BCUT2D eigenvalue weighted by molar-refractivity contribution is -0.130. The van der Waals surface area contributed by atoms with Gasteiger partial charge in [-0.15, -0.1) is 0 Å². The van der Waals surface area contributed by atoms with Gasteiger partial charge in [-0.25, -0.2) is 0 Å². The highest BCUT2D eigenvalue weighted by atomic mass is 16.5. The summed E-state index contributed by atoms with van der Waals surface area (Å²) in [4.78, 5) is 57.0. The van der Waals surface area contributed by atoms with Crippen LogP contribution in [-0.2, 0) is 16.0 Å². The van der Waals surface area contributed by atoms with Gasteiger partial charge in [0.2, 0.25) is 17.4 Å². The number of aromatic nitrogens is 2. The summed E-state index contributed by atoms with van der Waals surface area (Å²) < 4.78 is 5.38. The molecule has 2 atom stereocenters. The minimum Gasteiger partial charge on any atom is -0.496 e. The maximum atomic E-state index is 13.4. The molecular weight excluding hydrogens is 484 g/mol. The molecule has 0 bridgehead atoms. The van der Waals surface area contributed by atoms with Crippen molar-refractivity contribution in [2.75, 3.05) is 7.11 Å². The normalized spacial score (nSPS) is 12.9. The van der Waals surface area contributed by atoms with Crippen molar-refractivity contribution in [2.45, 2.75) is 39.2 Å². The van der Waals surface area contributed by atoms with Gasteiger partial charge in [0, 0.05) is 46.6 Å². The van der Waals surface area contributed by atoms with Gasteiger partial charge in [-0.05, 0) is 42.2 Å². The number of methoxy groups -OCH3 is 1. The van der Waals surface area contributed by atoms with Gasteiger partial charge in [-0.2, -0.15) is 0 Å². The van der Waals surface area contributed by atoms with E-state index in [1.165, 1.54) is 6.07 Å². The maximum absolute atomic E-state index is 13.4. The zero-order valence-corrected chi connectivity index (χ0v) is 21.7. The number of ketones is 1. The molecule has 4 rings (SSSR count). The number of benzene rings is 2. The fourth-order valence-electron chi connectivity index (χ4n) is 4.82. The number of hydrogen-bond acceptors (Lipinski definition) is 5. The number of amides is 2. The third kappa shape index (κ3) is 5.94. The quantitative estimate of drug-likeness (QED) is 0.225. The zero-order valence-electron chi connectivity index (χ0n) is 21.7. The highest BCUT2D eigenvalue weighted by Gasteiger charge is 2.28. The summed E-state index contributed by atoms with van der Waals surface area (Å²) in [5.41, 5.74) is 7.71. The molecule has 9 nitrogen and oxygen atoms in total. The number of ether oxygens (including phenoxy) is 1. The van der Waals surface area contributed by atoms with Gasteiger partial charge in [0.05, 0.1) is 12.8 Å². The third-order valence-electron chi connectivity index (χ3n) is 6.62. The molecule has 0 saturated heterocycles. The Morgan fingerprint density at radius 3 is 2.39 bits per heavy atom. The van der Waals surface area contributed by atoms with E-state index in [1.54, 1.807) is 25.3 Å². The molecule has 0 spiro atoms. The average molecular weight is 517 g/mol. The van der Waals surface area contributed by atoms with E-state index >= 15 is 0 Å². The Kier molecular flexibility index (Phi) is 7.95. The van der Waals surface area contributed by atoms with Crippen molar-refractivity contribution in [1.82, 2.24) is 15.3 Å². The van der Waals surface area contributed by atoms with Gasteiger partial charge in [0.15, 0.2) is 5.78 Å². The van der Waals surface area contributed by atoms with Gasteiger partial charge in [0.1, 0.15) is 11.8 Å². The van der Waals surface area contributed by atoms with E-state index in [0.29, 0.717) is 28.9 Å². The number of pyridine rings is 1. The Bertz CT molecular complexity index is 1550. The van der Waals surface area contributed by atoms with Crippen LogP contribution in [0.5, 0.6) is 5.75 Å². The Morgan fingerprint density at radius 2 is 1.68 bits per heavy atom. The predicted octanol–water partition coefficient (Wildman–Crippen LogP) is 3.47. The van der Waals surface area contributed by atoms with Crippen LogP contribution in [0.1, 0.15) is 42.7 Å². The fourth-order valence-corrected chi connectivity index (χ4v) is 4.82. The van der Waals surface area contributed by atoms with E-state index < -0.39 is 23.8 Å². The molecule has 2 amide bonds. The Morgan fingerprint density at radius 1 is 0.974 bits per heavy atom. The molecule has 198 valence electrons. The number of nitrogens with one attached hydrogen (secondary N) is 3. The Hall–Kier alpha value is -4.40. The lowest BCUT2D eigenvalue weighted by Crippen LogP contribution is -2.48. The number of hydrogen-bond donors (Lipinski definition) is 4. The first-order valence-electron chi connectivity index (χ1n) is 12.6. The van der Waals surface area contributed by atoms with Crippen molar-refractivity contribution < 1.29 is 19.1 Å². The fraction of sp³-hybridized carbons (Fsp3) is 0.310. The zero-order chi connectivity index (χ0) is 27.4. The molecule has 38 heavy (non-hydrogen) atoms. The molecule has 0 aliphatic rings. The number of primary amides is 1. The number of Topliss-reactive ketones (excluding diaryl/α,β-unsaturated/α-hetero) is 1. The number of carbonyl (C=O) groups excluding carboxylic acids is 3. The Labute approximate surface area is 219 Å². The number of H-pyrrole nitrogens is 2. The van der Waals surface area contributed by atoms with Crippen LogP contribution in [-0.4, -0.2) is 40.7 Å². The largest absolute Gasteiger partial charge is 0.496 e. The first-order valence-corrected chi connectivity index (χ1v) is 12.6. The highest BCUT2D eigenvalue weighted by Crippen LogP contribution is 2.28. The van der Waals surface area contributed by atoms with Crippen LogP contribution < -0.4 is 21.3 Å². The smallest absolute Gasteiger partial charge is 0.248 e. The molecule has 0 saturated carbocycles. The molecule has 2 aromatic heterocycles. The topological polar surface area (TPSA) is 147 Å². The van der Waals surface area contributed by atoms with Gasteiger partial charge >= 0.3 is 0 Å². The molecule has 2 heterocycles. The standard InChI is InChI=1S/C29H32N4O5/c1-16(2)11-18(13-25(34)23-15-20-22(31-23)9-6-10-26(20)38-3)29(37)33-24(28(30)36)12-17-14-27(35)32-21-8-5-4-7-19(17)21/h4-10,14-16,18,24,31H,11-13H2,1-3H3,(H2,30,36)(H,32,35)(H,33,37)/t18-,24?/m1/s1. The lowest BCUT2D eigenvalue weighted by Gasteiger charge is -2.22. The minimum absolute atomic E-state index is 0.0431. The van der Waals surface area contributed by atoms with Crippen molar-refractivity contribution in [3.8, 4) is 5.75 Å². The maximum Gasteiger partial charge on any atom is 0.248 e. The van der Waals surface area contributed by atoms with Crippen molar-refractivity contribution in [3.63, 3.8) is 0 Å². The summed E-state index contributed by atoms with van der Waals surface area (Å²) in [5.74, 6) is -1.27. The third-order valence-corrected chi connectivity index (χ3v) is 6.62. The second-order valence-corrected chi connectivity index (χ2v) is 9.93. The van der Waals surface area contributed by atoms with Crippen LogP contribution in [0.4, 0.5) is 0 Å². The Balaban J connectivity index is 1.55. The van der Waals surface area contributed by atoms with E-state index in [9.17, 15) is 19.2 Å². The summed E-state index contributed by atoms with van der Waals surface area (Å²) in [5, 5.41) is 4.29. The molecular formula is C29H32N4O5. The molecule has 4 aromatic rings. The van der Waals surface area contributed by atoms with Crippen molar-refractivity contribution in [3.05, 3.63) is 76.2 Å². The van der Waals surface area contributed by atoms with Crippen LogP contribution in [0.15, 0.2) is 59.4 Å². The van der Waals surface area contributed by atoms with Crippen molar-refractivity contribution >= 4 is 39.4 Å². The van der Waals surface area contributed by atoms with E-state index in [4.69, 9.17) is 10.5 Å². The molecule has 0 aliphatic heterocycles. The number of nitrogens with two attached hydrogens (primary N) is 1. The van der Waals surface area contributed by atoms with E-state index in [-0.39, 0.29) is 30.1 Å². The lowest BCUT2D eigenvalue weighted by atomic mass is 9.90. The number of fused-ring (bicyclic) bond motifs is 2.